The molecule has 1 atom stereocenters. The van der Waals surface area contributed by atoms with E-state index in [9.17, 15) is 14.7 Å². The van der Waals surface area contributed by atoms with Gasteiger partial charge in [-0.25, -0.2) is 0 Å². The summed E-state index contributed by atoms with van der Waals surface area (Å²) in [7, 11) is 0. The summed E-state index contributed by atoms with van der Waals surface area (Å²) < 4.78 is 5.38. The van der Waals surface area contributed by atoms with Crippen molar-refractivity contribution in [1.82, 2.24) is 14.7 Å². The summed E-state index contributed by atoms with van der Waals surface area (Å²) in [6.07, 6.45) is 3.61. The van der Waals surface area contributed by atoms with Gasteiger partial charge in [-0.3, -0.25) is 19.4 Å². The third-order valence-electron chi connectivity index (χ3n) is 6.33. The fourth-order valence-electron chi connectivity index (χ4n) is 4.55. The van der Waals surface area contributed by atoms with Crippen molar-refractivity contribution >= 4 is 28.8 Å². The fourth-order valence-corrected chi connectivity index (χ4v) is 5.23. The smallest absolute Gasteiger partial charge is 0.312 e. The summed E-state index contributed by atoms with van der Waals surface area (Å²) in [5.41, 5.74) is 1.79. The average Bonchev–Trinajstić information content (AvgIpc) is 3.40. The van der Waals surface area contributed by atoms with Crippen molar-refractivity contribution in [2.24, 2.45) is 5.41 Å². The summed E-state index contributed by atoms with van der Waals surface area (Å²) in [4.78, 5) is 31.0. The number of carboxylic acid groups (broad SMARTS) is 1. The molecule has 0 aliphatic carbocycles. The molecule has 2 saturated heterocycles. The molecule has 0 radical (unpaired) electrons. The number of aliphatic carboxylic acids is 1. The maximum Gasteiger partial charge on any atom is 0.312 e. The Labute approximate surface area is 175 Å². The molecule has 2 fully saturated rings. The zero-order valence-electron chi connectivity index (χ0n) is 16.7. The van der Waals surface area contributed by atoms with Crippen molar-refractivity contribution < 1.29 is 19.4 Å². The van der Waals surface area contributed by atoms with E-state index >= 15 is 0 Å². The number of hydrogen-bond acceptors (Lipinski definition) is 6. The summed E-state index contributed by atoms with van der Waals surface area (Å²) in [6, 6.07) is 2.12. The highest BCUT2D eigenvalue weighted by Crippen LogP contribution is 2.32. The maximum atomic E-state index is 12.8. The number of hydrogen-bond donors (Lipinski definition) is 1. The van der Waals surface area contributed by atoms with Crippen molar-refractivity contribution in [2.45, 2.75) is 12.8 Å². The van der Waals surface area contributed by atoms with Gasteiger partial charge in [-0.1, -0.05) is 6.08 Å². The first-order chi connectivity index (χ1) is 14.1. The normalized spacial score (nSPS) is 26.5. The monoisotopic (exact) mass is 419 g/mol. The molecule has 29 heavy (non-hydrogen) atoms. The number of rotatable bonds is 6. The average molecular weight is 420 g/mol. The Kier molecular flexibility index (Phi) is 6.34. The van der Waals surface area contributed by atoms with Crippen LogP contribution in [0, 0.1) is 5.41 Å². The van der Waals surface area contributed by atoms with E-state index in [0.29, 0.717) is 52.4 Å². The zero-order chi connectivity index (χ0) is 20.3. The van der Waals surface area contributed by atoms with Crippen molar-refractivity contribution in [2.75, 3.05) is 65.6 Å². The first kappa shape index (κ1) is 20.5. The summed E-state index contributed by atoms with van der Waals surface area (Å²) in [5.74, 6) is -0.654. The van der Waals surface area contributed by atoms with Crippen LogP contribution in [0.4, 0.5) is 0 Å². The predicted molar refractivity (Wildman–Crippen MR) is 112 cm³/mol. The Morgan fingerprint density at radius 3 is 2.66 bits per heavy atom. The second kappa shape index (κ2) is 8.95. The molecule has 1 aromatic rings. The largest absolute Gasteiger partial charge is 0.481 e. The van der Waals surface area contributed by atoms with Crippen LogP contribution in [0.15, 0.2) is 22.9 Å². The van der Waals surface area contributed by atoms with Gasteiger partial charge < -0.3 is 14.7 Å². The van der Waals surface area contributed by atoms with Crippen molar-refractivity contribution in [3.8, 4) is 0 Å². The van der Waals surface area contributed by atoms with Gasteiger partial charge in [0.25, 0.3) is 0 Å². The van der Waals surface area contributed by atoms with Crippen molar-refractivity contribution in [1.29, 1.82) is 0 Å². The fraction of sp³-hybridized carbons (Fsp3) is 0.619. The van der Waals surface area contributed by atoms with Crippen LogP contribution in [0.3, 0.4) is 0 Å². The van der Waals surface area contributed by atoms with E-state index in [2.05, 4.69) is 27.8 Å². The Balaban J connectivity index is 1.31. The Hall–Kier alpha value is -1.74. The third kappa shape index (κ3) is 4.71. The molecule has 8 heteroatoms. The molecule has 1 unspecified atom stereocenters. The third-order valence-corrected chi connectivity index (χ3v) is 7.01. The van der Waals surface area contributed by atoms with Gasteiger partial charge in [0, 0.05) is 39.3 Å². The Bertz CT molecular complexity index is 760. The van der Waals surface area contributed by atoms with Gasteiger partial charge in [-0.15, -0.1) is 0 Å². The topological polar surface area (TPSA) is 73.3 Å². The van der Waals surface area contributed by atoms with Crippen LogP contribution < -0.4 is 0 Å². The molecule has 4 rings (SSSR count). The molecule has 0 bridgehead atoms. The highest BCUT2D eigenvalue weighted by Gasteiger charge is 2.46. The number of thiophene rings is 1. The van der Waals surface area contributed by atoms with Crippen LogP contribution in [-0.2, 0) is 14.3 Å². The van der Waals surface area contributed by atoms with Crippen LogP contribution in [0.5, 0.6) is 0 Å². The van der Waals surface area contributed by atoms with Crippen LogP contribution in [0.1, 0.15) is 18.4 Å². The maximum absolute atomic E-state index is 12.8. The Morgan fingerprint density at radius 2 is 2.00 bits per heavy atom. The molecule has 1 aromatic heterocycles. The molecule has 158 valence electrons. The van der Waals surface area contributed by atoms with Gasteiger partial charge in [-0.2, -0.15) is 11.3 Å². The van der Waals surface area contributed by atoms with E-state index < -0.39 is 11.4 Å². The number of carbonyl (C=O) groups is 2. The number of morpholine rings is 1. The van der Waals surface area contributed by atoms with Gasteiger partial charge in [0.05, 0.1) is 25.2 Å². The highest BCUT2D eigenvalue weighted by atomic mass is 32.1. The molecule has 0 spiro atoms. The minimum absolute atomic E-state index is 0.0955. The molecule has 4 heterocycles. The summed E-state index contributed by atoms with van der Waals surface area (Å²) in [6.45, 7) is 6.18. The predicted octanol–water partition coefficient (Wildman–Crippen LogP) is 1.47. The first-order valence-corrected chi connectivity index (χ1v) is 11.3. The minimum Gasteiger partial charge on any atom is -0.481 e. The lowest BCUT2D eigenvalue weighted by molar-refractivity contribution is -0.150. The Morgan fingerprint density at radius 1 is 1.17 bits per heavy atom. The van der Waals surface area contributed by atoms with E-state index in [-0.39, 0.29) is 5.91 Å². The van der Waals surface area contributed by atoms with E-state index in [1.807, 2.05) is 9.80 Å². The number of carboxylic acids is 1. The van der Waals surface area contributed by atoms with Crippen LogP contribution in [0.2, 0.25) is 0 Å². The summed E-state index contributed by atoms with van der Waals surface area (Å²) in [5, 5.41) is 14.2. The van der Waals surface area contributed by atoms with Gasteiger partial charge in [-0.05, 0) is 47.3 Å². The second-order valence-corrected chi connectivity index (χ2v) is 9.05. The van der Waals surface area contributed by atoms with Gasteiger partial charge >= 0.3 is 5.97 Å². The quantitative estimate of drug-likeness (QED) is 0.753. The van der Waals surface area contributed by atoms with Crippen LogP contribution in [-0.4, -0.2) is 97.3 Å². The lowest BCUT2D eigenvalue weighted by Gasteiger charge is -2.34. The summed E-state index contributed by atoms with van der Waals surface area (Å²) >= 11 is 1.69. The van der Waals surface area contributed by atoms with Crippen LogP contribution >= 0.6 is 11.3 Å². The standard InChI is InChI=1S/C21H29N3O4S/c25-19(24-5-1-17(2-6-24)18-3-12-29-14-18)13-23-7-4-21(16-23,20(26)27)15-22-8-10-28-11-9-22/h1,3,12,14H,2,4-11,13,15-16H2,(H,26,27). The lowest BCUT2D eigenvalue weighted by Crippen LogP contribution is -2.49. The first-order valence-electron chi connectivity index (χ1n) is 10.3. The molecule has 3 aliphatic rings. The molecule has 7 nitrogen and oxygen atoms in total. The van der Waals surface area contributed by atoms with Crippen molar-refractivity contribution in [3.05, 3.63) is 28.5 Å². The van der Waals surface area contributed by atoms with Gasteiger partial charge in [0.15, 0.2) is 0 Å². The number of carbonyl (C=O) groups excluding carboxylic acids is 1. The van der Waals surface area contributed by atoms with E-state index in [4.69, 9.17) is 4.74 Å². The molecule has 1 N–H and O–H groups in total. The van der Waals surface area contributed by atoms with Crippen molar-refractivity contribution in [3.63, 3.8) is 0 Å². The number of nitrogens with zero attached hydrogens (tertiary/aromatic N) is 3. The molecule has 0 saturated carbocycles. The number of likely N-dealkylation sites (tertiary alicyclic amines) is 1. The zero-order valence-corrected chi connectivity index (χ0v) is 17.5. The lowest BCUT2D eigenvalue weighted by atomic mass is 9.86. The van der Waals surface area contributed by atoms with Crippen LogP contribution in [0.25, 0.3) is 5.57 Å². The van der Waals surface area contributed by atoms with E-state index in [1.54, 1.807) is 11.3 Å². The van der Waals surface area contributed by atoms with E-state index in [0.717, 1.165) is 26.1 Å². The second-order valence-electron chi connectivity index (χ2n) is 8.27. The number of ether oxygens (including phenoxy) is 1. The van der Waals surface area contributed by atoms with Gasteiger partial charge in [0.1, 0.15) is 0 Å². The van der Waals surface area contributed by atoms with E-state index in [1.165, 1.54) is 11.1 Å². The molecule has 1 amide bonds. The molecular formula is C21H29N3O4S. The molecule has 0 aromatic carbocycles. The number of amides is 1. The van der Waals surface area contributed by atoms with Gasteiger partial charge in [0.2, 0.25) is 5.91 Å². The SMILES string of the molecule is O=C(CN1CCC(CN2CCOCC2)(C(=O)O)C1)N1CC=C(c2ccsc2)CC1. The molecule has 3 aliphatic heterocycles. The highest BCUT2D eigenvalue weighted by molar-refractivity contribution is 7.08. The minimum atomic E-state index is -0.786. The molecular weight excluding hydrogens is 390 g/mol.